The molecule has 0 N–H and O–H groups in total. The number of rotatable bonds is 2. The Morgan fingerprint density at radius 1 is 1.20 bits per heavy atom. The molecule has 0 aromatic heterocycles. The lowest BCUT2D eigenvalue weighted by molar-refractivity contribution is 0.651. The second-order valence-electron chi connectivity index (χ2n) is 3.15. The molecule has 0 fully saturated rings. The molecule has 0 aliphatic heterocycles. The fourth-order valence-corrected chi connectivity index (χ4v) is 2.95. The monoisotopic (exact) mass is 182 g/mol. The van der Waals surface area contributed by atoms with Gasteiger partial charge in [-0.15, -0.1) is 0 Å². The van der Waals surface area contributed by atoms with E-state index in [-0.39, 0.29) is 4.75 Å². The number of hydrogen-bond donors (Lipinski definition) is 0. The molecule has 0 saturated carbocycles. The van der Waals surface area contributed by atoms with Crippen molar-refractivity contribution < 1.29 is 8.42 Å². The molecule has 10 heavy (non-hydrogen) atoms. The molecule has 0 radical (unpaired) electrons. The van der Waals surface area contributed by atoms with Crippen LogP contribution in [0.3, 0.4) is 0 Å². The zero-order valence-electron chi connectivity index (χ0n) is 6.84. The first-order valence-electron chi connectivity index (χ1n) is 3.02. The molecule has 0 aromatic carbocycles. The Bertz CT molecular complexity index is 158. The summed E-state index contributed by atoms with van der Waals surface area (Å²) in [5.41, 5.74) is 0. The average molecular weight is 182 g/mol. The third-order valence-electron chi connectivity index (χ3n) is 0.956. The second-order valence-corrected chi connectivity index (χ2v) is 7.15. The lowest BCUT2D eigenvalue weighted by atomic mass is 10.3. The molecule has 2 unspecified atom stereocenters. The molecular weight excluding hydrogens is 168 g/mol. The molecule has 0 saturated heterocycles. The number of hydrogen-bond acceptors (Lipinski definition) is 2. The second kappa shape index (κ2) is 3.62. The summed E-state index contributed by atoms with van der Waals surface area (Å²) < 4.78 is 21.6. The molecule has 4 heteroatoms. The highest BCUT2D eigenvalue weighted by Crippen LogP contribution is 2.11. The van der Waals surface area contributed by atoms with Crippen LogP contribution in [0.4, 0.5) is 0 Å². The first-order valence-corrected chi connectivity index (χ1v) is 6.07. The predicted octanol–water partition coefficient (Wildman–Crippen LogP) is 0.870. The Kier molecular flexibility index (Phi) is 3.73. The van der Waals surface area contributed by atoms with Gasteiger partial charge in [0.15, 0.2) is 0 Å². The Morgan fingerprint density at radius 2 is 1.60 bits per heavy atom. The SMILES string of the molecule is CS(=O)CS(=O)C(C)(C)C. The first-order chi connectivity index (χ1) is 4.34. The minimum absolute atomic E-state index is 0.230. The quantitative estimate of drug-likeness (QED) is 0.635. The largest absolute Gasteiger partial charge is 0.259 e. The third-order valence-corrected chi connectivity index (χ3v) is 4.51. The highest BCUT2D eigenvalue weighted by Gasteiger charge is 2.19. The fourth-order valence-electron chi connectivity index (χ4n) is 0.328. The van der Waals surface area contributed by atoms with Gasteiger partial charge in [0.05, 0.1) is 5.08 Å². The summed E-state index contributed by atoms with van der Waals surface area (Å²) in [5, 5.41) is 0.295. The molecule has 2 atom stereocenters. The Labute approximate surface area is 67.3 Å². The van der Waals surface area contributed by atoms with Crippen molar-refractivity contribution in [2.24, 2.45) is 0 Å². The summed E-state index contributed by atoms with van der Waals surface area (Å²) in [6.45, 7) is 5.65. The van der Waals surface area contributed by atoms with E-state index in [1.54, 1.807) is 6.26 Å². The molecule has 0 aromatic rings. The van der Waals surface area contributed by atoms with Gasteiger partial charge in [0, 0.05) is 32.6 Å². The van der Waals surface area contributed by atoms with Crippen LogP contribution in [-0.2, 0) is 21.6 Å². The van der Waals surface area contributed by atoms with Gasteiger partial charge >= 0.3 is 0 Å². The Hall–Kier alpha value is 0.300. The maximum absolute atomic E-state index is 11.2. The summed E-state index contributed by atoms with van der Waals surface area (Å²) in [4.78, 5) is 0. The van der Waals surface area contributed by atoms with Crippen LogP contribution in [0, 0.1) is 0 Å². The molecular formula is C6H14O2S2. The van der Waals surface area contributed by atoms with E-state index >= 15 is 0 Å². The van der Waals surface area contributed by atoms with E-state index in [2.05, 4.69) is 0 Å². The van der Waals surface area contributed by atoms with Gasteiger partial charge in [-0.3, -0.25) is 8.42 Å². The van der Waals surface area contributed by atoms with Gasteiger partial charge in [-0.2, -0.15) is 0 Å². The van der Waals surface area contributed by atoms with Crippen molar-refractivity contribution in [2.75, 3.05) is 11.3 Å². The lowest BCUT2D eigenvalue weighted by Gasteiger charge is -2.16. The highest BCUT2D eigenvalue weighted by atomic mass is 32.2. The van der Waals surface area contributed by atoms with Crippen LogP contribution in [-0.4, -0.2) is 24.5 Å². The Morgan fingerprint density at radius 3 is 1.70 bits per heavy atom. The summed E-state index contributed by atoms with van der Waals surface area (Å²) in [6, 6.07) is 0. The smallest absolute Gasteiger partial charge is 0.0994 e. The minimum atomic E-state index is -0.968. The standard InChI is InChI=1S/C6H14O2S2/c1-6(2,3)10(8)5-9(4)7/h5H2,1-4H3. The van der Waals surface area contributed by atoms with Crippen molar-refractivity contribution in [3.8, 4) is 0 Å². The van der Waals surface area contributed by atoms with Crippen molar-refractivity contribution in [1.82, 2.24) is 0 Å². The lowest BCUT2D eigenvalue weighted by Crippen LogP contribution is -2.25. The van der Waals surface area contributed by atoms with Crippen LogP contribution in [0.1, 0.15) is 20.8 Å². The topological polar surface area (TPSA) is 34.1 Å². The van der Waals surface area contributed by atoms with Gasteiger partial charge in [-0.1, -0.05) is 0 Å². The van der Waals surface area contributed by atoms with E-state index in [9.17, 15) is 8.42 Å². The van der Waals surface area contributed by atoms with Gasteiger partial charge in [0.2, 0.25) is 0 Å². The van der Waals surface area contributed by atoms with Crippen molar-refractivity contribution in [3.05, 3.63) is 0 Å². The van der Waals surface area contributed by atoms with Crippen molar-refractivity contribution in [2.45, 2.75) is 25.5 Å². The van der Waals surface area contributed by atoms with Crippen molar-refractivity contribution in [3.63, 3.8) is 0 Å². The van der Waals surface area contributed by atoms with Crippen LogP contribution in [0.2, 0.25) is 0 Å². The molecule has 0 aliphatic rings. The predicted molar refractivity (Wildman–Crippen MR) is 46.8 cm³/mol. The fraction of sp³-hybridized carbons (Fsp3) is 1.00. The third kappa shape index (κ3) is 4.17. The zero-order valence-corrected chi connectivity index (χ0v) is 8.47. The minimum Gasteiger partial charge on any atom is -0.259 e. The molecule has 62 valence electrons. The molecule has 0 amide bonds. The maximum Gasteiger partial charge on any atom is 0.0994 e. The van der Waals surface area contributed by atoms with E-state index in [0.29, 0.717) is 5.08 Å². The van der Waals surface area contributed by atoms with Crippen molar-refractivity contribution >= 4 is 21.6 Å². The molecule has 0 rings (SSSR count). The van der Waals surface area contributed by atoms with Gasteiger partial charge < -0.3 is 0 Å². The van der Waals surface area contributed by atoms with Crippen LogP contribution in [0.25, 0.3) is 0 Å². The molecule has 0 heterocycles. The van der Waals surface area contributed by atoms with E-state index in [1.165, 1.54) is 0 Å². The van der Waals surface area contributed by atoms with E-state index in [1.807, 2.05) is 20.8 Å². The zero-order chi connectivity index (χ0) is 8.36. The van der Waals surface area contributed by atoms with Crippen LogP contribution >= 0.6 is 0 Å². The first kappa shape index (κ1) is 10.3. The molecule has 2 nitrogen and oxygen atoms in total. The van der Waals surface area contributed by atoms with Crippen molar-refractivity contribution in [1.29, 1.82) is 0 Å². The maximum atomic E-state index is 11.2. The van der Waals surface area contributed by atoms with E-state index in [0.717, 1.165) is 0 Å². The van der Waals surface area contributed by atoms with Crippen LogP contribution < -0.4 is 0 Å². The van der Waals surface area contributed by atoms with E-state index < -0.39 is 21.6 Å². The van der Waals surface area contributed by atoms with Gasteiger partial charge in [0.1, 0.15) is 0 Å². The molecule has 0 spiro atoms. The normalized spacial score (nSPS) is 18.4. The average Bonchev–Trinajstić information content (AvgIpc) is 1.60. The highest BCUT2D eigenvalue weighted by molar-refractivity contribution is 8.02. The van der Waals surface area contributed by atoms with Gasteiger partial charge in [-0.05, 0) is 20.8 Å². The van der Waals surface area contributed by atoms with Crippen LogP contribution in [0.5, 0.6) is 0 Å². The molecule has 0 bridgehead atoms. The summed E-state index contributed by atoms with van der Waals surface area (Å²) in [7, 11) is -1.91. The Balaban J connectivity index is 3.99. The van der Waals surface area contributed by atoms with Gasteiger partial charge in [0.25, 0.3) is 0 Å². The molecule has 0 aliphatic carbocycles. The summed E-state index contributed by atoms with van der Waals surface area (Å²) in [6.07, 6.45) is 1.57. The summed E-state index contributed by atoms with van der Waals surface area (Å²) >= 11 is 0. The van der Waals surface area contributed by atoms with Gasteiger partial charge in [-0.25, -0.2) is 0 Å². The van der Waals surface area contributed by atoms with Crippen LogP contribution in [0.15, 0.2) is 0 Å². The van der Waals surface area contributed by atoms with E-state index in [4.69, 9.17) is 0 Å². The summed E-state index contributed by atoms with van der Waals surface area (Å²) in [5.74, 6) is 0.